The number of aliphatic hydroxyl groups is 2. The largest absolute Gasteiger partial charge is 0.367 e. The average Bonchev–Trinajstić information content (AvgIpc) is 2.74. The number of rotatable bonds is 25. The summed E-state index contributed by atoms with van der Waals surface area (Å²) in [6.45, 7) is 4.75. The Kier molecular flexibility index (Phi) is 25.0. The van der Waals surface area contributed by atoms with Gasteiger partial charge in [0.05, 0.1) is 0 Å². The minimum absolute atomic E-state index is 0.289. The second kappa shape index (κ2) is 25.1. The van der Waals surface area contributed by atoms with E-state index >= 15 is 0 Å². The summed E-state index contributed by atoms with van der Waals surface area (Å²) in [5, 5.41) is 21.1. The highest BCUT2D eigenvalue weighted by Gasteiger charge is 2.06. The van der Waals surface area contributed by atoms with E-state index in [2.05, 4.69) is 19.2 Å². The lowest BCUT2D eigenvalue weighted by Crippen LogP contribution is -2.35. The molecule has 1 unspecified atom stereocenters. The van der Waals surface area contributed by atoms with Gasteiger partial charge >= 0.3 is 0 Å². The van der Waals surface area contributed by atoms with Gasteiger partial charge in [-0.1, -0.05) is 142 Å². The van der Waals surface area contributed by atoms with Crippen LogP contribution in [0.3, 0.4) is 0 Å². The van der Waals surface area contributed by atoms with Gasteiger partial charge in [-0.15, -0.1) is 0 Å². The van der Waals surface area contributed by atoms with Crippen molar-refractivity contribution in [3.63, 3.8) is 0 Å². The Morgan fingerprint density at radius 1 is 0.500 bits per heavy atom. The summed E-state index contributed by atoms with van der Waals surface area (Å²) in [6, 6.07) is 0.433. The fourth-order valence-corrected chi connectivity index (χ4v) is 4.37. The number of hydrogen-bond donors (Lipinski definition) is 3. The predicted molar refractivity (Wildman–Crippen MR) is 133 cm³/mol. The van der Waals surface area contributed by atoms with E-state index in [-0.39, 0.29) is 6.54 Å². The number of aliphatic hydroxyl groups excluding tert-OH is 1. The lowest BCUT2D eigenvalue weighted by atomic mass is 10.0. The Hall–Kier alpha value is -0.120. The highest BCUT2D eigenvalue weighted by molar-refractivity contribution is 4.65. The van der Waals surface area contributed by atoms with Crippen LogP contribution in [0.1, 0.15) is 155 Å². The second-order valence-corrected chi connectivity index (χ2v) is 9.50. The standard InChI is InChI=1S/C27H57NO2/c1-3-5-6-7-8-9-10-11-12-13-14-15-16-17-18-19-20-21-22-23-24-26(4-2)28-25-27(29)30/h26-30H,3-25H2,1-2H3. The zero-order valence-corrected chi connectivity index (χ0v) is 20.8. The fourth-order valence-electron chi connectivity index (χ4n) is 4.37. The van der Waals surface area contributed by atoms with Crippen LogP contribution < -0.4 is 5.32 Å². The van der Waals surface area contributed by atoms with Gasteiger partial charge in [0.2, 0.25) is 0 Å². The minimum Gasteiger partial charge on any atom is -0.367 e. The van der Waals surface area contributed by atoms with Gasteiger partial charge in [-0.05, 0) is 12.8 Å². The zero-order valence-electron chi connectivity index (χ0n) is 20.8. The van der Waals surface area contributed by atoms with Gasteiger partial charge in [0.15, 0.2) is 6.29 Å². The van der Waals surface area contributed by atoms with Crippen molar-refractivity contribution in [1.82, 2.24) is 5.32 Å². The molecule has 0 heterocycles. The van der Waals surface area contributed by atoms with Gasteiger partial charge in [0, 0.05) is 12.6 Å². The van der Waals surface area contributed by atoms with E-state index < -0.39 is 6.29 Å². The summed E-state index contributed by atoms with van der Waals surface area (Å²) < 4.78 is 0. The second-order valence-electron chi connectivity index (χ2n) is 9.50. The van der Waals surface area contributed by atoms with E-state index in [0.717, 1.165) is 12.8 Å². The summed E-state index contributed by atoms with van der Waals surface area (Å²) in [6.07, 6.45) is 29.4. The molecule has 0 saturated heterocycles. The highest BCUT2D eigenvalue weighted by atomic mass is 16.5. The minimum atomic E-state index is -1.23. The van der Waals surface area contributed by atoms with E-state index in [1.165, 1.54) is 128 Å². The van der Waals surface area contributed by atoms with Crippen molar-refractivity contribution in [3.05, 3.63) is 0 Å². The van der Waals surface area contributed by atoms with Gasteiger partial charge in [0.1, 0.15) is 0 Å². The van der Waals surface area contributed by atoms with Crippen LogP contribution in [0.5, 0.6) is 0 Å². The number of nitrogens with one attached hydrogen (secondary N) is 1. The first-order valence-corrected chi connectivity index (χ1v) is 13.8. The van der Waals surface area contributed by atoms with E-state index in [9.17, 15) is 0 Å². The molecule has 0 radical (unpaired) electrons. The lowest BCUT2D eigenvalue weighted by molar-refractivity contribution is -0.0391. The Labute approximate surface area is 189 Å². The van der Waals surface area contributed by atoms with E-state index in [0.29, 0.717) is 6.04 Å². The van der Waals surface area contributed by atoms with Crippen LogP contribution in [-0.2, 0) is 0 Å². The van der Waals surface area contributed by atoms with Crippen molar-refractivity contribution >= 4 is 0 Å². The average molecular weight is 428 g/mol. The van der Waals surface area contributed by atoms with Crippen molar-refractivity contribution in [2.24, 2.45) is 0 Å². The molecule has 0 aromatic carbocycles. The molecule has 0 aliphatic carbocycles. The summed E-state index contributed by atoms with van der Waals surface area (Å²) in [4.78, 5) is 0. The van der Waals surface area contributed by atoms with Crippen LogP contribution in [-0.4, -0.2) is 29.1 Å². The quantitative estimate of drug-likeness (QED) is 0.103. The molecule has 0 rings (SSSR count). The summed E-state index contributed by atoms with van der Waals surface area (Å²) >= 11 is 0. The third-order valence-corrected chi connectivity index (χ3v) is 6.49. The molecule has 0 spiro atoms. The van der Waals surface area contributed by atoms with Gasteiger partial charge in [-0.3, -0.25) is 0 Å². The maximum Gasteiger partial charge on any atom is 0.164 e. The molecule has 0 aromatic rings. The SMILES string of the molecule is CCCCCCCCCCCCCCCCCCCCCCC(CC)NCC(O)O. The first kappa shape index (κ1) is 29.9. The van der Waals surface area contributed by atoms with Crippen LogP contribution in [0.2, 0.25) is 0 Å². The Morgan fingerprint density at radius 3 is 1.13 bits per heavy atom. The molecule has 0 aliphatic heterocycles. The van der Waals surface area contributed by atoms with Crippen molar-refractivity contribution in [2.75, 3.05) is 6.54 Å². The molecule has 0 fully saturated rings. The number of hydrogen-bond acceptors (Lipinski definition) is 3. The molecular weight excluding hydrogens is 370 g/mol. The number of unbranched alkanes of at least 4 members (excludes halogenated alkanes) is 19. The van der Waals surface area contributed by atoms with Crippen LogP contribution >= 0.6 is 0 Å². The lowest BCUT2D eigenvalue weighted by Gasteiger charge is -2.17. The van der Waals surface area contributed by atoms with Crippen molar-refractivity contribution in [2.45, 2.75) is 167 Å². The van der Waals surface area contributed by atoms with Crippen LogP contribution in [0.4, 0.5) is 0 Å². The van der Waals surface area contributed by atoms with Gasteiger partial charge in [0.25, 0.3) is 0 Å². The Morgan fingerprint density at radius 2 is 0.833 bits per heavy atom. The molecule has 0 bridgehead atoms. The van der Waals surface area contributed by atoms with Crippen molar-refractivity contribution in [3.8, 4) is 0 Å². The Balaban J connectivity index is 3.14. The van der Waals surface area contributed by atoms with Gasteiger partial charge < -0.3 is 15.5 Å². The molecule has 0 aliphatic rings. The molecule has 3 nitrogen and oxygen atoms in total. The van der Waals surface area contributed by atoms with E-state index in [1.807, 2.05) is 0 Å². The molecule has 0 saturated carbocycles. The fraction of sp³-hybridized carbons (Fsp3) is 1.00. The smallest absolute Gasteiger partial charge is 0.164 e. The van der Waals surface area contributed by atoms with Crippen LogP contribution in [0, 0.1) is 0 Å². The van der Waals surface area contributed by atoms with Crippen LogP contribution in [0.25, 0.3) is 0 Å². The highest BCUT2D eigenvalue weighted by Crippen LogP contribution is 2.15. The molecule has 30 heavy (non-hydrogen) atoms. The summed E-state index contributed by atoms with van der Waals surface area (Å²) in [7, 11) is 0. The maximum absolute atomic E-state index is 8.93. The molecule has 1 atom stereocenters. The third kappa shape index (κ3) is 24.2. The summed E-state index contributed by atoms with van der Waals surface area (Å²) in [5.74, 6) is 0. The first-order chi connectivity index (χ1) is 14.7. The monoisotopic (exact) mass is 427 g/mol. The van der Waals surface area contributed by atoms with Gasteiger partial charge in [-0.2, -0.15) is 0 Å². The van der Waals surface area contributed by atoms with Crippen molar-refractivity contribution in [1.29, 1.82) is 0 Å². The molecule has 3 N–H and O–H groups in total. The molecule has 0 amide bonds. The Bertz CT molecular complexity index is 309. The van der Waals surface area contributed by atoms with E-state index in [1.54, 1.807) is 0 Å². The predicted octanol–water partition coefficient (Wildman–Crippen LogP) is 7.88. The van der Waals surface area contributed by atoms with Crippen molar-refractivity contribution < 1.29 is 10.2 Å². The zero-order chi connectivity index (χ0) is 22.1. The van der Waals surface area contributed by atoms with E-state index in [4.69, 9.17) is 10.2 Å². The first-order valence-electron chi connectivity index (χ1n) is 13.8. The maximum atomic E-state index is 8.93. The molecular formula is C27H57NO2. The normalized spacial score (nSPS) is 12.7. The molecule has 3 heteroatoms. The molecule has 182 valence electrons. The van der Waals surface area contributed by atoms with Gasteiger partial charge in [-0.25, -0.2) is 0 Å². The molecule has 0 aromatic heterocycles. The summed E-state index contributed by atoms with van der Waals surface area (Å²) in [5.41, 5.74) is 0. The topological polar surface area (TPSA) is 52.5 Å². The third-order valence-electron chi connectivity index (χ3n) is 6.49. The van der Waals surface area contributed by atoms with Crippen LogP contribution in [0.15, 0.2) is 0 Å².